The lowest BCUT2D eigenvalue weighted by molar-refractivity contribution is -0.117. The zero-order chi connectivity index (χ0) is 18.3. The third kappa shape index (κ3) is 2.75. The van der Waals surface area contributed by atoms with Crippen LogP contribution in [0.2, 0.25) is 0 Å². The highest BCUT2D eigenvalue weighted by molar-refractivity contribution is 6.05. The summed E-state index contributed by atoms with van der Waals surface area (Å²) in [4.78, 5) is 29.5. The smallest absolute Gasteiger partial charge is 0.345 e. The van der Waals surface area contributed by atoms with Gasteiger partial charge in [-0.15, -0.1) is 0 Å². The highest BCUT2D eigenvalue weighted by Crippen LogP contribution is 2.27. The zero-order valence-corrected chi connectivity index (χ0v) is 14.8. The van der Waals surface area contributed by atoms with Crippen LogP contribution in [-0.4, -0.2) is 23.4 Å². The normalized spacial score (nSPS) is 14.2. The number of benzene rings is 2. The van der Waals surface area contributed by atoms with Gasteiger partial charge in [0, 0.05) is 29.7 Å². The third-order valence-corrected chi connectivity index (χ3v) is 5.00. The van der Waals surface area contributed by atoms with Crippen molar-refractivity contribution >= 4 is 28.5 Å². The molecule has 2 aromatic carbocycles. The molecule has 1 aromatic heterocycles. The number of carbonyl (C=O) groups excluding carboxylic acids is 2. The van der Waals surface area contributed by atoms with Gasteiger partial charge in [0.2, 0.25) is 5.91 Å². The summed E-state index contributed by atoms with van der Waals surface area (Å²) in [6.45, 7) is 4.76. The number of ether oxygens (including phenoxy) is 1. The molecule has 1 aliphatic heterocycles. The first-order valence-corrected chi connectivity index (χ1v) is 8.75. The molecule has 1 aliphatic rings. The monoisotopic (exact) mass is 348 g/mol. The lowest BCUT2D eigenvalue weighted by Crippen LogP contribution is -2.23. The van der Waals surface area contributed by atoms with Crippen molar-refractivity contribution < 1.29 is 14.3 Å². The van der Waals surface area contributed by atoms with Crippen molar-refractivity contribution in [3.05, 3.63) is 59.3 Å². The van der Waals surface area contributed by atoms with E-state index in [-0.39, 0.29) is 5.91 Å². The summed E-state index contributed by atoms with van der Waals surface area (Å²) in [7, 11) is 0. The summed E-state index contributed by atoms with van der Waals surface area (Å²) in [5.74, 6) is 0.197. The summed E-state index contributed by atoms with van der Waals surface area (Å²) in [5, 5.41) is 1.03. The quantitative estimate of drug-likeness (QED) is 0.572. The number of nitrogens with zero attached hydrogens (tertiary/aromatic N) is 1. The Labute approximate surface area is 151 Å². The van der Waals surface area contributed by atoms with Gasteiger partial charge in [-0.1, -0.05) is 12.1 Å². The fourth-order valence-electron chi connectivity index (χ4n) is 3.43. The molecule has 0 unspecified atom stereocenters. The molecule has 1 amide bonds. The number of para-hydroxylation sites is 1. The van der Waals surface area contributed by atoms with Gasteiger partial charge in [0.15, 0.2) is 0 Å². The minimum atomic E-state index is -0.401. The van der Waals surface area contributed by atoms with Gasteiger partial charge in [-0.2, -0.15) is 0 Å². The molecule has 0 radical (unpaired) electrons. The molecule has 3 aromatic rings. The van der Waals surface area contributed by atoms with Gasteiger partial charge in [-0.25, -0.2) is 4.79 Å². The highest BCUT2D eigenvalue weighted by Gasteiger charge is 2.22. The van der Waals surface area contributed by atoms with Gasteiger partial charge in [-0.3, -0.25) is 4.79 Å². The van der Waals surface area contributed by atoms with Crippen molar-refractivity contribution in [2.45, 2.75) is 26.7 Å². The number of nitrogens with one attached hydrogen (secondary N) is 1. The van der Waals surface area contributed by atoms with Crippen LogP contribution in [0.4, 0.5) is 5.69 Å². The average Bonchev–Trinajstić information content (AvgIpc) is 3.19. The number of anilines is 1. The van der Waals surface area contributed by atoms with E-state index < -0.39 is 5.97 Å². The second-order valence-corrected chi connectivity index (χ2v) is 6.64. The number of rotatable bonds is 3. The molecule has 1 fully saturated rings. The van der Waals surface area contributed by atoms with Crippen LogP contribution >= 0.6 is 0 Å². The molecule has 1 N–H and O–H groups in total. The van der Waals surface area contributed by atoms with E-state index in [1.54, 1.807) is 23.1 Å². The Morgan fingerprint density at radius 1 is 1.12 bits per heavy atom. The zero-order valence-electron chi connectivity index (χ0n) is 14.8. The van der Waals surface area contributed by atoms with Crippen LogP contribution in [0.1, 0.15) is 34.5 Å². The highest BCUT2D eigenvalue weighted by atomic mass is 16.5. The molecule has 5 nitrogen and oxygen atoms in total. The van der Waals surface area contributed by atoms with E-state index in [9.17, 15) is 9.59 Å². The Morgan fingerprint density at radius 2 is 1.88 bits per heavy atom. The van der Waals surface area contributed by atoms with Gasteiger partial charge in [-0.05, 0) is 56.2 Å². The number of aromatic nitrogens is 1. The second-order valence-electron chi connectivity index (χ2n) is 6.64. The number of aryl methyl sites for hydroxylation is 2. The fraction of sp³-hybridized carbons (Fsp3) is 0.238. The molecule has 0 saturated carbocycles. The second kappa shape index (κ2) is 6.33. The predicted molar refractivity (Wildman–Crippen MR) is 101 cm³/mol. The molecule has 0 atom stereocenters. The lowest BCUT2D eigenvalue weighted by atomic mass is 10.1. The number of carbonyl (C=O) groups is 2. The Kier molecular flexibility index (Phi) is 3.99. The molecule has 0 bridgehead atoms. The fourth-order valence-corrected chi connectivity index (χ4v) is 3.43. The maximum absolute atomic E-state index is 12.6. The molecule has 2 heterocycles. The summed E-state index contributed by atoms with van der Waals surface area (Å²) < 4.78 is 5.54. The number of esters is 1. The SMILES string of the molecule is Cc1[nH]c2c(C(=O)Oc3ccc(N4CCCC4=O)cc3)cccc2c1C. The maximum atomic E-state index is 12.6. The largest absolute Gasteiger partial charge is 0.423 e. The Balaban J connectivity index is 1.57. The third-order valence-electron chi connectivity index (χ3n) is 5.00. The van der Waals surface area contributed by atoms with Crippen molar-refractivity contribution in [3.8, 4) is 5.75 Å². The summed E-state index contributed by atoms with van der Waals surface area (Å²) in [6, 6.07) is 12.7. The average molecular weight is 348 g/mol. The summed E-state index contributed by atoms with van der Waals surface area (Å²) in [5.41, 5.74) is 4.32. The minimum Gasteiger partial charge on any atom is -0.423 e. The number of fused-ring (bicyclic) bond motifs is 1. The summed E-state index contributed by atoms with van der Waals surface area (Å²) in [6.07, 6.45) is 1.48. The lowest BCUT2D eigenvalue weighted by Gasteiger charge is -2.15. The number of hydrogen-bond donors (Lipinski definition) is 1. The van der Waals surface area contributed by atoms with Crippen molar-refractivity contribution in [2.75, 3.05) is 11.4 Å². The molecular weight excluding hydrogens is 328 g/mol. The Bertz CT molecular complexity index is 1000. The molecule has 5 heteroatoms. The van der Waals surface area contributed by atoms with Gasteiger partial charge >= 0.3 is 5.97 Å². The first kappa shape index (κ1) is 16.4. The van der Waals surface area contributed by atoms with Crippen molar-refractivity contribution in [1.82, 2.24) is 4.98 Å². The van der Waals surface area contributed by atoms with Crippen LogP contribution in [-0.2, 0) is 4.79 Å². The van der Waals surface area contributed by atoms with E-state index in [2.05, 4.69) is 4.98 Å². The maximum Gasteiger partial charge on any atom is 0.345 e. The first-order valence-electron chi connectivity index (χ1n) is 8.75. The van der Waals surface area contributed by atoms with E-state index in [4.69, 9.17) is 4.74 Å². The predicted octanol–water partition coefficient (Wildman–Crippen LogP) is 4.13. The van der Waals surface area contributed by atoms with Crippen LogP contribution in [0, 0.1) is 13.8 Å². The van der Waals surface area contributed by atoms with Crippen LogP contribution < -0.4 is 9.64 Å². The first-order chi connectivity index (χ1) is 12.5. The molecule has 4 rings (SSSR count). The van der Waals surface area contributed by atoms with Crippen molar-refractivity contribution in [2.24, 2.45) is 0 Å². The van der Waals surface area contributed by atoms with E-state index in [1.165, 1.54) is 0 Å². The van der Waals surface area contributed by atoms with E-state index in [1.807, 2.05) is 38.1 Å². The molecule has 0 aliphatic carbocycles. The number of hydrogen-bond acceptors (Lipinski definition) is 3. The van der Waals surface area contributed by atoms with E-state index >= 15 is 0 Å². The van der Waals surface area contributed by atoms with Crippen LogP contribution in [0.25, 0.3) is 10.9 Å². The molecule has 0 spiro atoms. The molecule has 132 valence electrons. The van der Waals surface area contributed by atoms with Gasteiger partial charge in [0.1, 0.15) is 5.75 Å². The van der Waals surface area contributed by atoms with E-state index in [0.29, 0.717) is 17.7 Å². The molecule has 26 heavy (non-hydrogen) atoms. The van der Waals surface area contributed by atoms with Crippen molar-refractivity contribution in [1.29, 1.82) is 0 Å². The van der Waals surface area contributed by atoms with E-state index in [0.717, 1.165) is 40.8 Å². The minimum absolute atomic E-state index is 0.138. The molecular formula is C21H20N2O3. The van der Waals surface area contributed by atoms with Gasteiger partial charge in [0.25, 0.3) is 0 Å². The number of H-pyrrole nitrogens is 1. The van der Waals surface area contributed by atoms with Crippen LogP contribution in [0.15, 0.2) is 42.5 Å². The Morgan fingerprint density at radius 3 is 2.58 bits per heavy atom. The number of amides is 1. The van der Waals surface area contributed by atoms with Crippen LogP contribution in [0.3, 0.4) is 0 Å². The van der Waals surface area contributed by atoms with Crippen LogP contribution in [0.5, 0.6) is 5.75 Å². The standard InChI is InChI=1S/C21H20N2O3/c1-13-14(2)22-20-17(13)5-3-6-18(20)21(25)26-16-10-8-15(9-11-16)23-12-4-7-19(23)24/h3,5-6,8-11,22H,4,7,12H2,1-2H3. The molecule has 1 saturated heterocycles. The summed E-state index contributed by atoms with van der Waals surface area (Å²) >= 11 is 0. The van der Waals surface area contributed by atoms with Gasteiger partial charge in [0.05, 0.1) is 11.1 Å². The number of aromatic amines is 1. The van der Waals surface area contributed by atoms with Gasteiger partial charge < -0.3 is 14.6 Å². The topological polar surface area (TPSA) is 62.4 Å². The Hall–Kier alpha value is -3.08. The van der Waals surface area contributed by atoms with Crippen molar-refractivity contribution in [3.63, 3.8) is 0 Å².